The first-order valence-electron chi connectivity index (χ1n) is 10.2. The molecule has 5 aromatic rings. The maximum Gasteiger partial charge on any atom is 0.419 e. The lowest BCUT2D eigenvalue weighted by molar-refractivity contribution is -0.116. The van der Waals surface area contributed by atoms with Gasteiger partial charge in [-0.15, -0.1) is 0 Å². The summed E-state index contributed by atoms with van der Waals surface area (Å²) in [5.41, 5.74) is 4.05. The maximum absolute atomic E-state index is 12.7. The number of hydrogen-bond acceptors (Lipinski definition) is 5. The largest absolute Gasteiger partial charge is 0.419 e. The fourth-order valence-electron chi connectivity index (χ4n) is 3.57. The summed E-state index contributed by atoms with van der Waals surface area (Å²) in [5.74, 6) is -0.680. The number of amides is 1. The minimum absolute atomic E-state index is 0.129. The Hall–Kier alpha value is -3.97. The number of aromatic nitrogens is 2. The van der Waals surface area contributed by atoms with Gasteiger partial charge in [-0.3, -0.25) is 9.36 Å². The maximum atomic E-state index is 12.7. The van der Waals surface area contributed by atoms with Crippen LogP contribution in [0.3, 0.4) is 0 Å². The Morgan fingerprint density at radius 2 is 1.56 bits per heavy atom. The van der Waals surface area contributed by atoms with Crippen LogP contribution in [0.2, 0.25) is 0 Å². The lowest BCUT2D eigenvalue weighted by atomic mass is 10.1. The molecule has 158 valence electrons. The standard InChI is InChI=1S/C25H19N3O3S/c29-21(15-16-28-19-13-7-8-14-20(19)31-25(28)30)26-24-27-22(17-9-3-1-4-10-17)23(32-24)18-11-5-2-6-12-18/h1-14H,15-16H2,(H,26,27,29). The van der Waals surface area contributed by atoms with Crippen LogP contribution in [0.5, 0.6) is 0 Å². The number of fused-ring (bicyclic) bond motifs is 1. The lowest BCUT2D eigenvalue weighted by Crippen LogP contribution is -2.19. The topological polar surface area (TPSA) is 77.1 Å². The van der Waals surface area contributed by atoms with E-state index < -0.39 is 5.76 Å². The highest BCUT2D eigenvalue weighted by atomic mass is 32.1. The van der Waals surface area contributed by atoms with Crippen LogP contribution < -0.4 is 11.1 Å². The normalized spacial score (nSPS) is 11.0. The third kappa shape index (κ3) is 3.98. The van der Waals surface area contributed by atoms with E-state index in [1.807, 2.05) is 66.7 Å². The van der Waals surface area contributed by atoms with Gasteiger partial charge < -0.3 is 9.73 Å². The number of para-hydroxylation sites is 2. The van der Waals surface area contributed by atoms with Crippen molar-refractivity contribution in [3.8, 4) is 21.7 Å². The second-order valence-electron chi connectivity index (χ2n) is 7.21. The van der Waals surface area contributed by atoms with E-state index in [0.717, 1.165) is 21.7 Å². The molecule has 0 radical (unpaired) electrons. The van der Waals surface area contributed by atoms with Crippen molar-refractivity contribution >= 4 is 33.5 Å². The highest BCUT2D eigenvalue weighted by Crippen LogP contribution is 2.38. The third-order valence-electron chi connectivity index (χ3n) is 5.09. The van der Waals surface area contributed by atoms with Crippen molar-refractivity contribution in [1.82, 2.24) is 9.55 Å². The predicted molar refractivity (Wildman–Crippen MR) is 127 cm³/mol. The van der Waals surface area contributed by atoms with Gasteiger partial charge in [-0.05, 0) is 17.7 Å². The number of nitrogens with one attached hydrogen (secondary N) is 1. The number of anilines is 1. The zero-order chi connectivity index (χ0) is 21.9. The predicted octanol–water partition coefficient (Wildman–Crippen LogP) is 5.41. The summed E-state index contributed by atoms with van der Waals surface area (Å²) in [4.78, 5) is 30.5. The molecule has 0 spiro atoms. The van der Waals surface area contributed by atoms with E-state index in [0.29, 0.717) is 16.2 Å². The lowest BCUT2D eigenvalue weighted by Gasteiger charge is -2.03. The molecule has 0 atom stereocenters. The van der Waals surface area contributed by atoms with E-state index in [-0.39, 0.29) is 18.9 Å². The molecule has 0 bridgehead atoms. The number of thiazole rings is 1. The molecule has 0 saturated carbocycles. The van der Waals surface area contributed by atoms with Crippen LogP contribution in [0, 0.1) is 0 Å². The highest BCUT2D eigenvalue weighted by molar-refractivity contribution is 7.19. The fraction of sp³-hybridized carbons (Fsp3) is 0.0800. The first-order valence-corrected chi connectivity index (χ1v) is 11.0. The van der Waals surface area contributed by atoms with Crippen molar-refractivity contribution < 1.29 is 9.21 Å². The van der Waals surface area contributed by atoms with Crippen molar-refractivity contribution in [2.24, 2.45) is 0 Å². The molecule has 5 rings (SSSR count). The number of oxazole rings is 1. The first-order chi connectivity index (χ1) is 15.7. The second kappa shape index (κ2) is 8.64. The van der Waals surface area contributed by atoms with Gasteiger partial charge in [-0.1, -0.05) is 84.1 Å². The van der Waals surface area contributed by atoms with Crippen LogP contribution in [-0.2, 0) is 11.3 Å². The van der Waals surface area contributed by atoms with Crippen LogP contribution in [0.15, 0.2) is 94.1 Å². The second-order valence-corrected chi connectivity index (χ2v) is 8.21. The van der Waals surface area contributed by atoms with E-state index in [4.69, 9.17) is 9.40 Å². The number of carbonyl (C=O) groups excluding carboxylic acids is 1. The Labute approximate surface area is 187 Å². The number of hydrogen-bond donors (Lipinski definition) is 1. The molecule has 0 saturated heterocycles. The number of nitrogens with zero attached hydrogens (tertiary/aromatic N) is 2. The third-order valence-corrected chi connectivity index (χ3v) is 6.11. The summed E-state index contributed by atoms with van der Waals surface area (Å²) in [6, 6.07) is 27.1. The zero-order valence-corrected chi connectivity index (χ0v) is 17.8. The minimum Gasteiger partial charge on any atom is -0.408 e. The molecule has 3 aromatic carbocycles. The van der Waals surface area contributed by atoms with Crippen molar-refractivity contribution in [3.63, 3.8) is 0 Å². The molecule has 0 aliphatic heterocycles. The number of benzene rings is 3. The van der Waals surface area contributed by atoms with Crippen LogP contribution in [-0.4, -0.2) is 15.5 Å². The fourth-order valence-corrected chi connectivity index (χ4v) is 4.58. The Morgan fingerprint density at radius 1 is 0.906 bits per heavy atom. The molecule has 0 aliphatic carbocycles. The number of rotatable bonds is 6. The molecule has 32 heavy (non-hydrogen) atoms. The first kappa shape index (κ1) is 20.0. The smallest absolute Gasteiger partial charge is 0.408 e. The summed E-state index contributed by atoms with van der Waals surface area (Å²) in [7, 11) is 0. The van der Waals surface area contributed by atoms with Gasteiger partial charge in [-0.2, -0.15) is 0 Å². The molecule has 2 heterocycles. The minimum atomic E-state index is -0.467. The molecule has 1 amide bonds. The van der Waals surface area contributed by atoms with Gasteiger partial charge in [0, 0.05) is 18.5 Å². The van der Waals surface area contributed by atoms with Crippen molar-refractivity contribution in [2.75, 3.05) is 5.32 Å². The molecular weight excluding hydrogens is 422 g/mol. The van der Waals surface area contributed by atoms with Gasteiger partial charge in [0.05, 0.1) is 16.1 Å². The van der Waals surface area contributed by atoms with Gasteiger partial charge in [0.15, 0.2) is 10.7 Å². The number of carbonyl (C=O) groups is 1. The Morgan fingerprint density at radius 3 is 2.31 bits per heavy atom. The van der Waals surface area contributed by atoms with E-state index in [1.54, 1.807) is 18.2 Å². The van der Waals surface area contributed by atoms with Crippen molar-refractivity contribution in [2.45, 2.75) is 13.0 Å². The summed E-state index contributed by atoms with van der Waals surface area (Å²) < 4.78 is 6.71. The Bertz CT molecular complexity index is 1380. The number of aryl methyl sites for hydroxylation is 1. The monoisotopic (exact) mass is 441 g/mol. The van der Waals surface area contributed by atoms with Crippen LogP contribution in [0.1, 0.15) is 6.42 Å². The highest BCUT2D eigenvalue weighted by Gasteiger charge is 2.17. The van der Waals surface area contributed by atoms with E-state index in [2.05, 4.69) is 5.32 Å². The molecule has 0 fully saturated rings. The Kier molecular flexibility index (Phi) is 5.39. The summed E-state index contributed by atoms with van der Waals surface area (Å²) in [6.07, 6.45) is 0.129. The van der Waals surface area contributed by atoms with Crippen LogP contribution in [0.25, 0.3) is 32.8 Å². The van der Waals surface area contributed by atoms with Crippen molar-refractivity contribution in [1.29, 1.82) is 0 Å². The summed E-state index contributed by atoms with van der Waals surface area (Å²) in [6.45, 7) is 0.226. The SMILES string of the molecule is O=C(CCn1c(=O)oc2ccccc21)Nc1nc(-c2ccccc2)c(-c2ccccc2)s1. The molecule has 6 nitrogen and oxygen atoms in total. The van der Waals surface area contributed by atoms with Crippen LogP contribution >= 0.6 is 11.3 Å². The molecule has 0 unspecified atom stereocenters. The van der Waals surface area contributed by atoms with E-state index >= 15 is 0 Å². The summed E-state index contributed by atoms with van der Waals surface area (Å²) >= 11 is 1.43. The molecule has 7 heteroatoms. The average molecular weight is 442 g/mol. The molecule has 1 N–H and O–H groups in total. The zero-order valence-electron chi connectivity index (χ0n) is 17.0. The molecule has 2 aromatic heterocycles. The van der Waals surface area contributed by atoms with E-state index in [1.165, 1.54) is 15.9 Å². The average Bonchev–Trinajstić information content (AvgIpc) is 3.39. The van der Waals surface area contributed by atoms with Crippen molar-refractivity contribution in [3.05, 3.63) is 95.5 Å². The van der Waals surface area contributed by atoms with E-state index in [9.17, 15) is 9.59 Å². The molecule has 0 aliphatic rings. The quantitative estimate of drug-likeness (QED) is 0.382. The van der Waals surface area contributed by atoms with Gasteiger partial charge in [0.2, 0.25) is 5.91 Å². The Balaban J connectivity index is 1.38. The van der Waals surface area contributed by atoms with Crippen LogP contribution in [0.4, 0.5) is 5.13 Å². The summed E-state index contributed by atoms with van der Waals surface area (Å²) in [5, 5.41) is 3.42. The van der Waals surface area contributed by atoms with Gasteiger partial charge >= 0.3 is 5.76 Å². The molecular formula is C25H19N3O3S. The van der Waals surface area contributed by atoms with Gasteiger partial charge in [0.25, 0.3) is 0 Å². The van der Waals surface area contributed by atoms with Gasteiger partial charge in [0.1, 0.15) is 0 Å². The van der Waals surface area contributed by atoms with Gasteiger partial charge in [-0.25, -0.2) is 9.78 Å².